The Kier molecular flexibility index (Phi) is 12.5. The zero-order chi connectivity index (χ0) is 21.5. The summed E-state index contributed by atoms with van der Waals surface area (Å²) in [5.41, 5.74) is 1.44. The monoisotopic (exact) mass is 398 g/mol. The van der Waals surface area contributed by atoms with Gasteiger partial charge < -0.3 is 10.6 Å². The van der Waals surface area contributed by atoms with Crippen molar-refractivity contribution in [3.8, 4) is 12.3 Å². The summed E-state index contributed by atoms with van der Waals surface area (Å²) in [6, 6.07) is 6.60. The van der Waals surface area contributed by atoms with Gasteiger partial charge in [-0.2, -0.15) is 0 Å². The van der Waals surface area contributed by atoms with Crippen LogP contribution in [0.2, 0.25) is 0 Å². The van der Waals surface area contributed by atoms with E-state index >= 15 is 0 Å². The molecule has 0 saturated carbocycles. The number of amides is 2. The molecule has 0 heterocycles. The van der Waals surface area contributed by atoms with Gasteiger partial charge in [-0.25, -0.2) is 0 Å². The van der Waals surface area contributed by atoms with Crippen LogP contribution in [-0.4, -0.2) is 17.9 Å². The summed E-state index contributed by atoms with van der Waals surface area (Å²) in [6.07, 6.45) is 16.2. The fraction of sp³-hybridized carbons (Fsp3) is 0.600. The standard InChI is InChI=1S/C25H38N2O2/c1-5-8-9-10-11-12-13-14-15-23(28)27-24(20(4)6-2)25(29)26-22-18-16-21(7-3)17-19-22/h3,16-20,24H,5-6,8-15H2,1-2,4H3,(H,26,29)(H,27,28)/t20-,24-/m0/s1. The molecule has 4 nitrogen and oxygen atoms in total. The van der Waals surface area contributed by atoms with Crippen LogP contribution in [0.1, 0.15) is 90.5 Å². The maximum Gasteiger partial charge on any atom is 0.247 e. The summed E-state index contributed by atoms with van der Waals surface area (Å²) in [4.78, 5) is 25.1. The van der Waals surface area contributed by atoms with Crippen LogP contribution in [0.15, 0.2) is 24.3 Å². The number of hydrogen-bond donors (Lipinski definition) is 2. The van der Waals surface area contributed by atoms with E-state index in [9.17, 15) is 9.59 Å². The number of nitrogens with one attached hydrogen (secondary N) is 2. The van der Waals surface area contributed by atoms with Gasteiger partial charge in [0.1, 0.15) is 6.04 Å². The Morgan fingerprint density at radius 3 is 2.10 bits per heavy atom. The Hall–Kier alpha value is -2.28. The fourth-order valence-electron chi connectivity index (χ4n) is 3.24. The van der Waals surface area contributed by atoms with Crippen LogP contribution in [-0.2, 0) is 9.59 Å². The third kappa shape index (κ3) is 10.2. The van der Waals surface area contributed by atoms with Gasteiger partial charge in [0, 0.05) is 17.7 Å². The number of unbranched alkanes of at least 4 members (excludes halogenated alkanes) is 7. The molecule has 160 valence electrons. The maximum absolute atomic E-state index is 12.7. The molecule has 0 spiro atoms. The lowest BCUT2D eigenvalue weighted by atomic mass is 9.97. The number of benzene rings is 1. The minimum atomic E-state index is -0.533. The first-order valence-electron chi connectivity index (χ1n) is 11.2. The zero-order valence-electron chi connectivity index (χ0n) is 18.4. The molecule has 2 amide bonds. The SMILES string of the molecule is C#Cc1ccc(NC(=O)[C@@H](NC(=O)CCCCCCCCCC)[C@@H](C)CC)cc1. The number of carbonyl (C=O) groups is 2. The Bertz CT molecular complexity index is 646. The summed E-state index contributed by atoms with van der Waals surface area (Å²) in [5, 5.41) is 5.84. The maximum atomic E-state index is 12.7. The molecular weight excluding hydrogens is 360 g/mol. The van der Waals surface area contributed by atoms with Crippen molar-refractivity contribution >= 4 is 17.5 Å². The fourth-order valence-corrected chi connectivity index (χ4v) is 3.24. The predicted octanol–water partition coefficient (Wildman–Crippen LogP) is 5.67. The molecule has 2 N–H and O–H groups in total. The van der Waals surface area contributed by atoms with E-state index in [4.69, 9.17) is 6.42 Å². The molecule has 4 heteroatoms. The number of anilines is 1. The van der Waals surface area contributed by atoms with E-state index in [0.717, 1.165) is 24.8 Å². The molecule has 0 aliphatic heterocycles. The molecule has 0 aliphatic carbocycles. The molecule has 1 aromatic carbocycles. The average molecular weight is 399 g/mol. The highest BCUT2D eigenvalue weighted by atomic mass is 16.2. The van der Waals surface area contributed by atoms with Crippen LogP contribution in [0.3, 0.4) is 0 Å². The highest BCUT2D eigenvalue weighted by molar-refractivity contribution is 5.97. The topological polar surface area (TPSA) is 58.2 Å². The van der Waals surface area contributed by atoms with Crippen LogP contribution in [0.4, 0.5) is 5.69 Å². The van der Waals surface area contributed by atoms with Gasteiger partial charge in [-0.05, 0) is 36.6 Å². The first-order chi connectivity index (χ1) is 14.0. The third-order valence-electron chi connectivity index (χ3n) is 5.39. The highest BCUT2D eigenvalue weighted by Gasteiger charge is 2.25. The molecule has 0 radical (unpaired) electrons. The van der Waals surface area contributed by atoms with Crippen molar-refractivity contribution in [1.82, 2.24) is 5.32 Å². The molecule has 1 rings (SSSR count). The van der Waals surface area contributed by atoms with Crippen molar-refractivity contribution in [2.75, 3.05) is 5.32 Å². The molecule has 0 saturated heterocycles. The van der Waals surface area contributed by atoms with Gasteiger partial charge in [-0.15, -0.1) is 6.42 Å². The van der Waals surface area contributed by atoms with Gasteiger partial charge in [-0.1, -0.05) is 78.1 Å². The summed E-state index contributed by atoms with van der Waals surface area (Å²) >= 11 is 0. The second-order valence-electron chi connectivity index (χ2n) is 7.87. The van der Waals surface area contributed by atoms with Gasteiger partial charge in [-0.3, -0.25) is 9.59 Å². The Labute approximate surface area is 177 Å². The van der Waals surface area contributed by atoms with E-state index in [1.54, 1.807) is 24.3 Å². The second-order valence-corrected chi connectivity index (χ2v) is 7.87. The van der Waals surface area contributed by atoms with Crippen molar-refractivity contribution in [2.45, 2.75) is 91.0 Å². The number of terminal acetylenes is 1. The number of carbonyl (C=O) groups excluding carboxylic acids is 2. The molecule has 0 bridgehead atoms. The zero-order valence-corrected chi connectivity index (χ0v) is 18.4. The van der Waals surface area contributed by atoms with E-state index in [0.29, 0.717) is 12.1 Å². The molecule has 0 fully saturated rings. The van der Waals surface area contributed by atoms with Gasteiger partial charge >= 0.3 is 0 Å². The third-order valence-corrected chi connectivity index (χ3v) is 5.39. The Morgan fingerprint density at radius 2 is 1.55 bits per heavy atom. The van der Waals surface area contributed by atoms with Crippen LogP contribution >= 0.6 is 0 Å². The van der Waals surface area contributed by atoms with E-state index in [-0.39, 0.29) is 17.7 Å². The van der Waals surface area contributed by atoms with E-state index in [2.05, 4.69) is 23.5 Å². The van der Waals surface area contributed by atoms with Crippen molar-refractivity contribution in [3.05, 3.63) is 29.8 Å². The summed E-state index contributed by atoms with van der Waals surface area (Å²) in [5.74, 6) is 2.39. The summed E-state index contributed by atoms with van der Waals surface area (Å²) in [7, 11) is 0. The van der Waals surface area contributed by atoms with E-state index in [1.165, 1.54) is 38.5 Å². The lowest BCUT2D eigenvalue weighted by molar-refractivity contribution is -0.127. The Morgan fingerprint density at radius 1 is 0.966 bits per heavy atom. The summed E-state index contributed by atoms with van der Waals surface area (Å²) in [6.45, 7) is 6.24. The molecule has 2 atom stereocenters. The average Bonchev–Trinajstić information content (AvgIpc) is 2.73. The highest BCUT2D eigenvalue weighted by Crippen LogP contribution is 2.14. The molecular formula is C25H38N2O2. The van der Waals surface area contributed by atoms with Crippen LogP contribution in [0.25, 0.3) is 0 Å². The van der Waals surface area contributed by atoms with Crippen LogP contribution < -0.4 is 10.6 Å². The van der Waals surface area contributed by atoms with Crippen molar-refractivity contribution < 1.29 is 9.59 Å². The van der Waals surface area contributed by atoms with Gasteiger partial charge in [0.25, 0.3) is 0 Å². The van der Waals surface area contributed by atoms with E-state index in [1.807, 2.05) is 13.8 Å². The molecule has 29 heavy (non-hydrogen) atoms. The lowest BCUT2D eigenvalue weighted by Crippen LogP contribution is -2.47. The molecule has 1 aromatic rings. The van der Waals surface area contributed by atoms with E-state index < -0.39 is 6.04 Å². The van der Waals surface area contributed by atoms with Crippen molar-refractivity contribution in [2.24, 2.45) is 5.92 Å². The van der Waals surface area contributed by atoms with Crippen LogP contribution in [0, 0.1) is 18.3 Å². The first-order valence-corrected chi connectivity index (χ1v) is 11.2. The predicted molar refractivity (Wildman–Crippen MR) is 122 cm³/mol. The van der Waals surface area contributed by atoms with Crippen molar-refractivity contribution in [3.63, 3.8) is 0 Å². The normalized spacial score (nSPS) is 12.6. The lowest BCUT2D eigenvalue weighted by Gasteiger charge is -2.23. The molecule has 0 aromatic heterocycles. The van der Waals surface area contributed by atoms with Gasteiger partial charge in [0.2, 0.25) is 11.8 Å². The quantitative estimate of drug-likeness (QED) is 0.313. The summed E-state index contributed by atoms with van der Waals surface area (Å²) < 4.78 is 0. The first kappa shape index (κ1) is 24.8. The number of hydrogen-bond acceptors (Lipinski definition) is 2. The second kappa shape index (κ2) is 14.7. The molecule has 0 unspecified atom stereocenters. The van der Waals surface area contributed by atoms with Crippen molar-refractivity contribution in [1.29, 1.82) is 0 Å². The Balaban J connectivity index is 2.44. The minimum absolute atomic E-state index is 0.0425. The smallest absolute Gasteiger partial charge is 0.247 e. The van der Waals surface area contributed by atoms with Crippen LogP contribution in [0.5, 0.6) is 0 Å². The molecule has 0 aliphatic rings. The largest absolute Gasteiger partial charge is 0.344 e. The minimum Gasteiger partial charge on any atom is -0.344 e. The number of rotatable bonds is 14. The van der Waals surface area contributed by atoms with Gasteiger partial charge in [0.15, 0.2) is 0 Å². The van der Waals surface area contributed by atoms with Gasteiger partial charge in [0.05, 0.1) is 0 Å².